The number of aromatic nitrogens is 2. The van der Waals surface area contributed by atoms with Gasteiger partial charge < -0.3 is 19.9 Å². The van der Waals surface area contributed by atoms with Crippen LogP contribution in [0, 0.1) is 5.92 Å². The summed E-state index contributed by atoms with van der Waals surface area (Å²) in [5.41, 5.74) is 1.63. The van der Waals surface area contributed by atoms with E-state index in [0.717, 1.165) is 44.9 Å². The molecule has 0 radical (unpaired) electrons. The van der Waals surface area contributed by atoms with Gasteiger partial charge in [0.2, 0.25) is 0 Å². The largest absolute Gasteiger partial charge is 0.493 e. The van der Waals surface area contributed by atoms with E-state index in [2.05, 4.69) is 33.3 Å². The lowest BCUT2D eigenvalue weighted by Gasteiger charge is -2.32. The number of para-hydroxylation sites is 1. The number of carbonyl (C=O) groups excluding carboxylic acids is 1. The van der Waals surface area contributed by atoms with E-state index in [1.54, 1.807) is 12.4 Å². The molecule has 0 aliphatic carbocycles. The highest BCUT2D eigenvalue weighted by Gasteiger charge is 2.22. The van der Waals surface area contributed by atoms with Gasteiger partial charge in [0.15, 0.2) is 0 Å². The van der Waals surface area contributed by atoms with Crippen LogP contribution in [0.1, 0.15) is 16.1 Å². The summed E-state index contributed by atoms with van der Waals surface area (Å²) in [6.45, 7) is 4.65. The minimum atomic E-state index is -0.0471. The van der Waals surface area contributed by atoms with Gasteiger partial charge in [-0.3, -0.25) is 9.78 Å². The van der Waals surface area contributed by atoms with Crippen LogP contribution < -0.4 is 10.1 Å². The van der Waals surface area contributed by atoms with Crippen LogP contribution in [0.25, 0.3) is 0 Å². The number of nitrogens with one attached hydrogen (secondary N) is 1. The summed E-state index contributed by atoms with van der Waals surface area (Å²) in [5.74, 6) is 1.93. The Morgan fingerprint density at radius 3 is 2.89 bits per heavy atom. The van der Waals surface area contributed by atoms with Crippen LogP contribution in [-0.2, 0) is 6.42 Å². The Kier molecular flexibility index (Phi) is 5.20. The van der Waals surface area contributed by atoms with Gasteiger partial charge in [-0.05, 0) is 25.1 Å². The average Bonchev–Trinajstić information content (AvgIpc) is 2.72. The third-order valence-corrected chi connectivity index (χ3v) is 5.17. The molecule has 4 rings (SSSR count). The number of anilines is 1. The lowest BCUT2D eigenvalue weighted by Crippen LogP contribution is -2.47. The third-order valence-electron chi connectivity index (χ3n) is 5.17. The van der Waals surface area contributed by atoms with Gasteiger partial charge in [-0.15, -0.1) is 0 Å². The van der Waals surface area contributed by atoms with Crippen molar-refractivity contribution in [3.8, 4) is 5.75 Å². The number of hydrogen-bond acceptors (Lipinski definition) is 6. The molecule has 1 fully saturated rings. The minimum Gasteiger partial charge on any atom is -0.493 e. The van der Waals surface area contributed by atoms with Crippen molar-refractivity contribution in [2.45, 2.75) is 6.42 Å². The third kappa shape index (κ3) is 4.19. The van der Waals surface area contributed by atoms with Gasteiger partial charge in [-0.25, -0.2) is 4.98 Å². The van der Waals surface area contributed by atoms with Crippen molar-refractivity contribution >= 4 is 11.7 Å². The number of rotatable bonds is 4. The molecule has 2 aliphatic rings. The Balaban J connectivity index is 1.35. The highest BCUT2D eigenvalue weighted by molar-refractivity contribution is 5.92. The Morgan fingerprint density at radius 1 is 1.22 bits per heavy atom. The Morgan fingerprint density at radius 2 is 2.04 bits per heavy atom. The average molecular weight is 367 g/mol. The fraction of sp³-hybridized carbons (Fsp3) is 0.450. The van der Waals surface area contributed by atoms with E-state index < -0.39 is 0 Å². The van der Waals surface area contributed by atoms with E-state index >= 15 is 0 Å². The molecule has 2 aliphatic heterocycles. The lowest BCUT2D eigenvalue weighted by atomic mass is 9.97. The monoisotopic (exact) mass is 367 g/mol. The Labute approximate surface area is 159 Å². The molecule has 1 aromatic carbocycles. The highest BCUT2D eigenvalue weighted by atomic mass is 16.5. The van der Waals surface area contributed by atoms with Gasteiger partial charge in [0.05, 0.1) is 19.0 Å². The summed E-state index contributed by atoms with van der Waals surface area (Å²) in [6, 6.07) is 8.15. The second-order valence-electron chi connectivity index (χ2n) is 7.25. The van der Waals surface area contributed by atoms with Crippen LogP contribution >= 0.6 is 0 Å². The molecule has 0 saturated carbocycles. The Hall–Kier alpha value is -2.67. The number of likely N-dealkylation sites (N-methyl/N-ethyl adjacent to an activating group) is 1. The number of amides is 1. The van der Waals surface area contributed by atoms with Gasteiger partial charge in [-0.1, -0.05) is 18.2 Å². The van der Waals surface area contributed by atoms with Gasteiger partial charge in [-0.2, -0.15) is 0 Å². The maximum absolute atomic E-state index is 12.7. The molecule has 0 spiro atoms. The molecule has 0 unspecified atom stereocenters. The molecule has 1 saturated heterocycles. The van der Waals surface area contributed by atoms with Crippen molar-refractivity contribution in [2.24, 2.45) is 5.92 Å². The maximum Gasteiger partial charge on any atom is 0.274 e. The zero-order valence-electron chi connectivity index (χ0n) is 15.6. The van der Waals surface area contributed by atoms with Crippen LogP contribution in [0.3, 0.4) is 0 Å². The summed E-state index contributed by atoms with van der Waals surface area (Å²) in [6.07, 6.45) is 4.18. The molecular formula is C20H25N5O2. The van der Waals surface area contributed by atoms with Gasteiger partial charge in [0, 0.05) is 38.6 Å². The summed E-state index contributed by atoms with van der Waals surface area (Å²) in [5, 5.41) is 3.32. The quantitative estimate of drug-likeness (QED) is 0.884. The standard InChI is InChI=1S/C20H25N5O2/c1-24-6-8-25(9-7-24)20(26)17-12-21-13-19(23-17)22-11-15-10-16-4-2-3-5-18(16)27-14-15/h2-5,12-13,15H,6-11,14H2,1H3,(H,22,23)/t15-/m1/s1. The molecule has 142 valence electrons. The molecule has 7 nitrogen and oxygen atoms in total. The zero-order valence-corrected chi connectivity index (χ0v) is 15.6. The minimum absolute atomic E-state index is 0.0471. The number of fused-ring (bicyclic) bond motifs is 1. The highest BCUT2D eigenvalue weighted by Crippen LogP contribution is 2.26. The van der Waals surface area contributed by atoms with E-state index in [1.165, 1.54) is 5.56 Å². The predicted molar refractivity (Wildman–Crippen MR) is 103 cm³/mol. The van der Waals surface area contributed by atoms with E-state index in [4.69, 9.17) is 4.74 Å². The second kappa shape index (κ2) is 7.92. The molecule has 2 aromatic rings. The van der Waals surface area contributed by atoms with E-state index in [0.29, 0.717) is 24.0 Å². The number of ether oxygens (including phenoxy) is 1. The fourth-order valence-electron chi connectivity index (χ4n) is 3.50. The van der Waals surface area contributed by atoms with Crippen molar-refractivity contribution in [1.29, 1.82) is 0 Å². The van der Waals surface area contributed by atoms with Gasteiger partial charge in [0.1, 0.15) is 17.3 Å². The normalized spacial score (nSPS) is 19.9. The molecule has 1 amide bonds. The van der Waals surface area contributed by atoms with Crippen LogP contribution in [0.4, 0.5) is 5.82 Å². The molecule has 1 N–H and O–H groups in total. The van der Waals surface area contributed by atoms with Crippen molar-refractivity contribution < 1.29 is 9.53 Å². The van der Waals surface area contributed by atoms with E-state index in [-0.39, 0.29) is 5.91 Å². The zero-order chi connectivity index (χ0) is 18.6. The van der Waals surface area contributed by atoms with Crippen LogP contribution in [0.15, 0.2) is 36.7 Å². The topological polar surface area (TPSA) is 70.6 Å². The van der Waals surface area contributed by atoms with Gasteiger partial charge in [0.25, 0.3) is 5.91 Å². The molecule has 27 heavy (non-hydrogen) atoms. The molecular weight excluding hydrogens is 342 g/mol. The first-order valence-electron chi connectivity index (χ1n) is 9.43. The maximum atomic E-state index is 12.7. The second-order valence-corrected chi connectivity index (χ2v) is 7.25. The van der Waals surface area contributed by atoms with Gasteiger partial charge >= 0.3 is 0 Å². The first-order valence-corrected chi connectivity index (χ1v) is 9.43. The summed E-state index contributed by atoms with van der Waals surface area (Å²) in [4.78, 5) is 25.4. The molecule has 1 atom stereocenters. The Bertz CT molecular complexity index is 804. The number of hydrogen-bond donors (Lipinski definition) is 1. The van der Waals surface area contributed by atoms with Crippen molar-refractivity contribution in [2.75, 3.05) is 51.7 Å². The summed E-state index contributed by atoms with van der Waals surface area (Å²) >= 11 is 0. The molecule has 0 bridgehead atoms. The number of piperazine rings is 1. The first kappa shape index (κ1) is 17.7. The lowest BCUT2D eigenvalue weighted by molar-refractivity contribution is 0.0658. The van der Waals surface area contributed by atoms with E-state index in [9.17, 15) is 4.79 Å². The number of nitrogens with zero attached hydrogens (tertiary/aromatic N) is 4. The van der Waals surface area contributed by atoms with Crippen molar-refractivity contribution in [3.63, 3.8) is 0 Å². The molecule has 1 aromatic heterocycles. The number of benzene rings is 1. The predicted octanol–water partition coefficient (Wildman–Crippen LogP) is 1.53. The summed E-state index contributed by atoms with van der Waals surface area (Å²) < 4.78 is 5.83. The van der Waals surface area contributed by atoms with Crippen LogP contribution in [-0.4, -0.2) is 72.1 Å². The smallest absolute Gasteiger partial charge is 0.274 e. The van der Waals surface area contributed by atoms with E-state index in [1.807, 2.05) is 23.1 Å². The van der Waals surface area contributed by atoms with Crippen LogP contribution in [0.2, 0.25) is 0 Å². The van der Waals surface area contributed by atoms with Crippen LogP contribution in [0.5, 0.6) is 5.75 Å². The van der Waals surface area contributed by atoms with Crippen molar-refractivity contribution in [3.05, 3.63) is 47.9 Å². The SMILES string of the molecule is CN1CCN(C(=O)c2cncc(NC[C@@H]3COc4ccccc4C3)n2)CC1. The number of carbonyl (C=O) groups is 1. The first-order chi connectivity index (χ1) is 13.2. The summed E-state index contributed by atoms with van der Waals surface area (Å²) in [7, 11) is 2.07. The molecule has 7 heteroatoms. The van der Waals surface area contributed by atoms with Crippen molar-refractivity contribution in [1.82, 2.24) is 19.8 Å². The molecule has 3 heterocycles. The fourth-order valence-corrected chi connectivity index (χ4v) is 3.50.